The SMILES string of the molecule is CCOC(=O)c1cc2oc(C)cc2n1Cc1cccc(F)c1. The van der Waals surface area contributed by atoms with Gasteiger partial charge in [0.15, 0.2) is 5.58 Å². The van der Waals surface area contributed by atoms with Crippen LogP contribution >= 0.6 is 0 Å². The van der Waals surface area contributed by atoms with Gasteiger partial charge in [0, 0.05) is 18.7 Å². The Morgan fingerprint density at radius 3 is 2.86 bits per heavy atom. The number of fused-ring (bicyclic) bond motifs is 1. The van der Waals surface area contributed by atoms with E-state index in [0.29, 0.717) is 24.4 Å². The summed E-state index contributed by atoms with van der Waals surface area (Å²) in [5.74, 6) is 0.0401. The van der Waals surface area contributed by atoms with Gasteiger partial charge in [-0.1, -0.05) is 12.1 Å². The number of hydrogen-bond donors (Lipinski definition) is 0. The van der Waals surface area contributed by atoms with Crippen LogP contribution in [-0.2, 0) is 11.3 Å². The first-order valence-corrected chi connectivity index (χ1v) is 7.09. The molecule has 114 valence electrons. The molecule has 0 fully saturated rings. The molecular formula is C17H16FNO3. The maximum Gasteiger partial charge on any atom is 0.355 e. The molecule has 1 aromatic carbocycles. The van der Waals surface area contributed by atoms with Gasteiger partial charge in [-0.3, -0.25) is 0 Å². The van der Waals surface area contributed by atoms with E-state index in [1.807, 2.05) is 19.1 Å². The van der Waals surface area contributed by atoms with Crippen molar-refractivity contribution in [1.29, 1.82) is 0 Å². The van der Waals surface area contributed by atoms with E-state index in [0.717, 1.165) is 16.8 Å². The van der Waals surface area contributed by atoms with Gasteiger partial charge in [-0.25, -0.2) is 9.18 Å². The number of aromatic nitrogens is 1. The Balaban J connectivity index is 2.08. The minimum absolute atomic E-state index is 0.296. The molecule has 0 amide bonds. The minimum atomic E-state index is -0.414. The van der Waals surface area contributed by atoms with Crippen molar-refractivity contribution in [3.8, 4) is 0 Å². The molecule has 0 N–H and O–H groups in total. The Morgan fingerprint density at radius 1 is 1.32 bits per heavy atom. The van der Waals surface area contributed by atoms with Crippen molar-refractivity contribution in [2.45, 2.75) is 20.4 Å². The lowest BCUT2D eigenvalue weighted by molar-refractivity contribution is 0.0515. The number of carbonyl (C=O) groups excluding carboxylic acids is 1. The number of esters is 1. The number of aryl methyl sites for hydroxylation is 1. The molecule has 4 nitrogen and oxygen atoms in total. The molecule has 0 aliphatic rings. The Morgan fingerprint density at radius 2 is 2.14 bits per heavy atom. The van der Waals surface area contributed by atoms with Gasteiger partial charge in [-0.2, -0.15) is 0 Å². The van der Waals surface area contributed by atoms with Crippen LogP contribution < -0.4 is 0 Å². The lowest BCUT2D eigenvalue weighted by Gasteiger charge is -2.09. The minimum Gasteiger partial charge on any atom is -0.461 e. The summed E-state index contributed by atoms with van der Waals surface area (Å²) in [5, 5.41) is 0. The third-order valence-electron chi connectivity index (χ3n) is 3.43. The maximum atomic E-state index is 13.4. The first kappa shape index (κ1) is 14.4. The van der Waals surface area contributed by atoms with Crippen LogP contribution in [0.4, 0.5) is 4.39 Å². The van der Waals surface area contributed by atoms with E-state index in [1.54, 1.807) is 23.6 Å². The fourth-order valence-corrected chi connectivity index (χ4v) is 2.53. The van der Waals surface area contributed by atoms with Crippen LogP contribution in [0.5, 0.6) is 0 Å². The zero-order valence-corrected chi connectivity index (χ0v) is 12.4. The number of rotatable bonds is 4. The van der Waals surface area contributed by atoms with Crippen LogP contribution in [0, 0.1) is 12.7 Å². The fraction of sp³-hybridized carbons (Fsp3) is 0.235. The maximum absolute atomic E-state index is 13.4. The molecule has 0 radical (unpaired) electrons. The molecule has 22 heavy (non-hydrogen) atoms. The molecule has 0 saturated carbocycles. The van der Waals surface area contributed by atoms with Gasteiger partial charge in [-0.05, 0) is 31.5 Å². The number of halogens is 1. The number of nitrogens with zero attached hydrogens (tertiary/aromatic N) is 1. The van der Waals surface area contributed by atoms with Gasteiger partial charge in [0.1, 0.15) is 17.3 Å². The van der Waals surface area contributed by atoms with Crippen LogP contribution in [0.25, 0.3) is 11.1 Å². The summed E-state index contributed by atoms with van der Waals surface area (Å²) in [7, 11) is 0. The largest absolute Gasteiger partial charge is 0.461 e. The number of ether oxygens (including phenoxy) is 1. The highest BCUT2D eigenvalue weighted by Gasteiger charge is 2.19. The van der Waals surface area contributed by atoms with Crippen molar-refractivity contribution in [2.75, 3.05) is 6.61 Å². The lowest BCUT2D eigenvalue weighted by Crippen LogP contribution is -2.13. The molecule has 0 aliphatic carbocycles. The van der Waals surface area contributed by atoms with Gasteiger partial charge >= 0.3 is 5.97 Å². The van der Waals surface area contributed by atoms with E-state index >= 15 is 0 Å². The second-order valence-electron chi connectivity index (χ2n) is 5.07. The average Bonchev–Trinajstić information content (AvgIpc) is 2.97. The molecule has 2 aromatic heterocycles. The Labute approximate surface area is 127 Å². The van der Waals surface area contributed by atoms with Crippen molar-refractivity contribution in [1.82, 2.24) is 4.57 Å². The average molecular weight is 301 g/mol. The molecule has 5 heteroatoms. The van der Waals surface area contributed by atoms with Crippen molar-refractivity contribution >= 4 is 17.1 Å². The molecule has 0 atom stereocenters. The molecule has 0 saturated heterocycles. The van der Waals surface area contributed by atoms with Crippen LogP contribution in [0.3, 0.4) is 0 Å². The quantitative estimate of drug-likeness (QED) is 0.686. The monoisotopic (exact) mass is 301 g/mol. The Bertz CT molecular complexity index is 832. The lowest BCUT2D eigenvalue weighted by atomic mass is 10.2. The van der Waals surface area contributed by atoms with E-state index in [1.165, 1.54) is 12.1 Å². The third-order valence-corrected chi connectivity index (χ3v) is 3.43. The second kappa shape index (κ2) is 5.67. The first-order chi connectivity index (χ1) is 10.6. The number of benzene rings is 1. The fourth-order valence-electron chi connectivity index (χ4n) is 2.53. The number of hydrogen-bond acceptors (Lipinski definition) is 3. The summed E-state index contributed by atoms with van der Waals surface area (Å²) >= 11 is 0. The zero-order valence-electron chi connectivity index (χ0n) is 12.4. The van der Waals surface area contributed by atoms with E-state index < -0.39 is 5.97 Å². The predicted molar refractivity (Wildman–Crippen MR) is 80.4 cm³/mol. The molecular weight excluding hydrogens is 285 g/mol. The van der Waals surface area contributed by atoms with Crippen LogP contribution in [0.15, 0.2) is 40.8 Å². The van der Waals surface area contributed by atoms with E-state index in [-0.39, 0.29) is 5.82 Å². The summed E-state index contributed by atoms with van der Waals surface area (Å²) in [6.07, 6.45) is 0. The van der Waals surface area contributed by atoms with Crippen LogP contribution in [0.2, 0.25) is 0 Å². The topological polar surface area (TPSA) is 44.4 Å². The molecule has 0 bridgehead atoms. The van der Waals surface area contributed by atoms with Gasteiger partial charge in [0.25, 0.3) is 0 Å². The third kappa shape index (κ3) is 2.62. The predicted octanol–water partition coefficient (Wildman–Crippen LogP) is 3.91. The van der Waals surface area contributed by atoms with E-state index in [2.05, 4.69) is 0 Å². The van der Waals surface area contributed by atoms with E-state index in [9.17, 15) is 9.18 Å². The molecule has 3 rings (SSSR count). The summed E-state index contributed by atoms with van der Waals surface area (Å²) in [4.78, 5) is 12.1. The summed E-state index contributed by atoms with van der Waals surface area (Å²) in [6.45, 7) is 4.27. The van der Waals surface area contributed by atoms with Gasteiger partial charge in [0.05, 0.1) is 12.1 Å². The van der Waals surface area contributed by atoms with Crippen molar-refractivity contribution in [3.63, 3.8) is 0 Å². The van der Waals surface area contributed by atoms with Gasteiger partial charge in [0.2, 0.25) is 0 Å². The van der Waals surface area contributed by atoms with Crippen molar-refractivity contribution < 1.29 is 18.3 Å². The standard InChI is InChI=1S/C17H16FNO3/c1-3-21-17(20)15-9-16-14(7-11(2)22-16)19(15)10-12-5-4-6-13(18)8-12/h4-9H,3,10H2,1-2H3. The van der Waals surface area contributed by atoms with Gasteiger partial charge < -0.3 is 13.7 Å². The molecule has 0 aliphatic heterocycles. The zero-order chi connectivity index (χ0) is 15.7. The highest BCUT2D eigenvalue weighted by atomic mass is 19.1. The smallest absolute Gasteiger partial charge is 0.355 e. The second-order valence-corrected chi connectivity index (χ2v) is 5.07. The van der Waals surface area contributed by atoms with Crippen LogP contribution in [-0.4, -0.2) is 17.1 Å². The summed E-state index contributed by atoms with van der Waals surface area (Å²) in [5.41, 5.74) is 2.59. The van der Waals surface area contributed by atoms with Crippen molar-refractivity contribution in [2.24, 2.45) is 0 Å². The Hall–Kier alpha value is -2.56. The summed E-state index contributed by atoms with van der Waals surface area (Å²) in [6, 6.07) is 9.83. The molecule has 2 heterocycles. The first-order valence-electron chi connectivity index (χ1n) is 7.09. The highest BCUT2D eigenvalue weighted by Crippen LogP contribution is 2.25. The summed E-state index contributed by atoms with van der Waals surface area (Å²) < 4.78 is 25.8. The number of carbonyl (C=O) groups is 1. The number of furan rings is 1. The molecule has 0 unspecified atom stereocenters. The van der Waals surface area contributed by atoms with Crippen molar-refractivity contribution in [3.05, 3.63) is 59.2 Å². The molecule has 0 spiro atoms. The van der Waals surface area contributed by atoms with Crippen LogP contribution in [0.1, 0.15) is 28.7 Å². The highest BCUT2D eigenvalue weighted by molar-refractivity contribution is 5.94. The van der Waals surface area contributed by atoms with E-state index in [4.69, 9.17) is 9.15 Å². The van der Waals surface area contributed by atoms with Gasteiger partial charge in [-0.15, -0.1) is 0 Å². The normalized spacial score (nSPS) is 11.0. The molecule has 3 aromatic rings. The Kier molecular flexibility index (Phi) is 3.71.